The molecule has 118 valence electrons. The van der Waals surface area contributed by atoms with Gasteiger partial charge in [-0.15, -0.1) is 0 Å². The van der Waals surface area contributed by atoms with E-state index < -0.39 is 0 Å². The van der Waals surface area contributed by atoms with Crippen LogP contribution in [0.25, 0.3) is 0 Å². The molecule has 1 aliphatic heterocycles. The van der Waals surface area contributed by atoms with Gasteiger partial charge < -0.3 is 9.84 Å². The summed E-state index contributed by atoms with van der Waals surface area (Å²) in [5.41, 5.74) is 0. The molecule has 0 aromatic rings. The first-order valence-electron chi connectivity index (χ1n) is 8.53. The number of carbonyl (C=O) groups excluding carboxylic acids is 1. The molecule has 0 aliphatic carbocycles. The number of unbranched alkanes of at least 4 members (excludes halogenated alkanes) is 8. The highest BCUT2D eigenvalue weighted by molar-refractivity contribution is 5.77. The Labute approximate surface area is 124 Å². The molecule has 3 unspecified atom stereocenters. The van der Waals surface area contributed by atoms with Crippen molar-refractivity contribution >= 4 is 5.97 Å². The molecule has 3 heteroatoms. The number of hydrogen-bond acceptors (Lipinski definition) is 3. The van der Waals surface area contributed by atoms with Crippen molar-refractivity contribution < 1.29 is 14.6 Å². The quantitative estimate of drug-likeness (QED) is 0.431. The summed E-state index contributed by atoms with van der Waals surface area (Å²) >= 11 is 0. The molecule has 0 aromatic carbocycles. The van der Waals surface area contributed by atoms with E-state index in [0.717, 1.165) is 12.8 Å². The molecular weight excluding hydrogens is 252 g/mol. The van der Waals surface area contributed by atoms with Crippen LogP contribution in [0.1, 0.15) is 84.5 Å². The summed E-state index contributed by atoms with van der Waals surface area (Å²) in [4.78, 5) is 10.9. The Morgan fingerprint density at radius 2 is 1.60 bits per heavy atom. The van der Waals surface area contributed by atoms with Gasteiger partial charge in [-0.3, -0.25) is 4.79 Å². The van der Waals surface area contributed by atoms with Gasteiger partial charge in [-0.1, -0.05) is 64.7 Å². The van der Waals surface area contributed by atoms with Crippen LogP contribution >= 0.6 is 0 Å². The second kappa shape index (κ2) is 10.2. The Balaban J connectivity index is 1.85. The molecule has 0 spiro atoms. The van der Waals surface area contributed by atoms with E-state index in [4.69, 9.17) is 4.74 Å². The van der Waals surface area contributed by atoms with Crippen molar-refractivity contribution in [3.05, 3.63) is 0 Å². The predicted molar refractivity (Wildman–Crippen MR) is 81.5 cm³/mol. The molecule has 1 saturated heterocycles. The number of hydrogen-bond donors (Lipinski definition) is 1. The largest absolute Gasteiger partial charge is 0.461 e. The van der Waals surface area contributed by atoms with E-state index in [1.165, 1.54) is 51.4 Å². The van der Waals surface area contributed by atoms with E-state index in [2.05, 4.69) is 6.92 Å². The number of cyclic esters (lactones) is 1. The zero-order valence-corrected chi connectivity index (χ0v) is 13.3. The standard InChI is InChI=1S/C17H32O3/c1-3-4-5-6-7-8-9-10-11-12-15(18)13-16-14(2)17(19)20-16/h14-16,18H,3-13H2,1-2H3. The zero-order valence-electron chi connectivity index (χ0n) is 13.3. The van der Waals surface area contributed by atoms with Crippen molar-refractivity contribution in [2.24, 2.45) is 5.92 Å². The fourth-order valence-corrected chi connectivity index (χ4v) is 2.77. The van der Waals surface area contributed by atoms with Crippen molar-refractivity contribution in [3.8, 4) is 0 Å². The number of esters is 1. The minimum atomic E-state index is -0.305. The molecule has 0 radical (unpaired) electrons. The molecule has 1 rings (SSSR count). The van der Waals surface area contributed by atoms with Gasteiger partial charge in [0.25, 0.3) is 0 Å². The molecule has 0 aromatic heterocycles. The van der Waals surface area contributed by atoms with E-state index in [-0.39, 0.29) is 24.1 Å². The number of carbonyl (C=O) groups is 1. The van der Waals surface area contributed by atoms with Crippen LogP contribution in [-0.2, 0) is 9.53 Å². The fraction of sp³-hybridized carbons (Fsp3) is 0.941. The normalized spacial score (nSPS) is 23.2. The summed E-state index contributed by atoms with van der Waals surface area (Å²) in [5.74, 6) is -0.141. The van der Waals surface area contributed by atoms with E-state index in [9.17, 15) is 9.90 Å². The molecule has 1 heterocycles. The van der Waals surface area contributed by atoms with Crippen molar-refractivity contribution in [2.75, 3.05) is 0 Å². The van der Waals surface area contributed by atoms with Gasteiger partial charge in [0.05, 0.1) is 12.0 Å². The third-order valence-corrected chi connectivity index (χ3v) is 4.34. The van der Waals surface area contributed by atoms with Gasteiger partial charge in [-0.05, 0) is 13.3 Å². The minimum Gasteiger partial charge on any atom is -0.461 e. The molecule has 1 aliphatic rings. The topological polar surface area (TPSA) is 46.5 Å². The van der Waals surface area contributed by atoms with E-state index in [0.29, 0.717) is 6.42 Å². The number of ether oxygens (including phenoxy) is 1. The number of aliphatic hydroxyl groups is 1. The second-order valence-electron chi connectivity index (χ2n) is 6.27. The molecule has 0 saturated carbocycles. The van der Waals surface area contributed by atoms with E-state index in [1.54, 1.807) is 0 Å². The van der Waals surface area contributed by atoms with Crippen LogP contribution in [0.15, 0.2) is 0 Å². The maximum absolute atomic E-state index is 10.9. The smallest absolute Gasteiger partial charge is 0.312 e. The Hall–Kier alpha value is -0.570. The summed E-state index contributed by atoms with van der Waals surface area (Å²) in [6, 6.07) is 0. The van der Waals surface area contributed by atoms with Crippen LogP contribution in [0.2, 0.25) is 0 Å². The van der Waals surface area contributed by atoms with Crippen molar-refractivity contribution in [2.45, 2.75) is 96.7 Å². The Bertz CT molecular complexity index is 265. The van der Waals surface area contributed by atoms with Crippen LogP contribution in [0.4, 0.5) is 0 Å². The first-order chi connectivity index (χ1) is 9.65. The maximum Gasteiger partial charge on any atom is 0.312 e. The first-order valence-corrected chi connectivity index (χ1v) is 8.53. The number of aliphatic hydroxyl groups excluding tert-OH is 1. The van der Waals surface area contributed by atoms with Gasteiger partial charge >= 0.3 is 5.97 Å². The van der Waals surface area contributed by atoms with Crippen molar-refractivity contribution in [1.82, 2.24) is 0 Å². The van der Waals surface area contributed by atoms with E-state index in [1.807, 2.05) is 6.92 Å². The van der Waals surface area contributed by atoms with Crippen LogP contribution in [0.5, 0.6) is 0 Å². The Kier molecular flexibility index (Phi) is 8.92. The molecule has 3 atom stereocenters. The average molecular weight is 284 g/mol. The summed E-state index contributed by atoms with van der Waals surface area (Å²) < 4.78 is 5.01. The van der Waals surface area contributed by atoms with Crippen molar-refractivity contribution in [3.63, 3.8) is 0 Å². The summed E-state index contributed by atoms with van der Waals surface area (Å²) in [6.45, 7) is 4.12. The second-order valence-corrected chi connectivity index (χ2v) is 6.27. The monoisotopic (exact) mass is 284 g/mol. The lowest BCUT2D eigenvalue weighted by atomic mass is 9.92. The Morgan fingerprint density at radius 3 is 2.10 bits per heavy atom. The molecule has 0 bridgehead atoms. The lowest BCUT2D eigenvalue weighted by Gasteiger charge is -2.33. The predicted octanol–water partition coefficient (Wildman–Crippen LogP) is 4.22. The van der Waals surface area contributed by atoms with Crippen molar-refractivity contribution in [1.29, 1.82) is 0 Å². The van der Waals surface area contributed by atoms with Crippen LogP contribution < -0.4 is 0 Å². The first kappa shape index (κ1) is 17.5. The SMILES string of the molecule is CCCCCCCCCCCC(O)CC1OC(=O)C1C. The van der Waals surface area contributed by atoms with Gasteiger partial charge in [0.2, 0.25) is 0 Å². The van der Waals surface area contributed by atoms with Crippen LogP contribution in [-0.4, -0.2) is 23.3 Å². The fourth-order valence-electron chi connectivity index (χ4n) is 2.77. The van der Waals surface area contributed by atoms with Gasteiger partial charge in [0.1, 0.15) is 6.10 Å². The van der Waals surface area contributed by atoms with Crippen LogP contribution in [0, 0.1) is 5.92 Å². The average Bonchev–Trinajstić information content (AvgIpc) is 2.45. The maximum atomic E-state index is 10.9. The minimum absolute atomic E-state index is 0.0206. The third kappa shape index (κ3) is 6.74. The highest BCUT2D eigenvalue weighted by Crippen LogP contribution is 2.26. The molecule has 0 amide bonds. The van der Waals surface area contributed by atoms with Crippen LogP contribution in [0.3, 0.4) is 0 Å². The Morgan fingerprint density at radius 1 is 1.05 bits per heavy atom. The summed E-state index contributed by atoms with van der Waals surface area (Å²) in [5, 5.41) is 9.90. The van der Waals surface area contributed by atoms with Gasteiger partial charge in [-0.2, -0.15) is 0 Å². The van der Waals surface area contributed by atoms with Gasteiger partial charge in [0, 0.05) is 6.42 Å². The lowest BCUT2D eigenvalue weighted by Crippen LogP contribution is -2.44. The van der Waals surface area contributed by atoms with E-state index >= 15 is 0 Å². The molecule has 1 N–H and O–H groups in total. The third-order valence-electron chi connectivity index (χ3n) is 4.34. The van der Waals surface area contributed by atoms with Gasteiger partial charge in [-0.25, -0.2) is 0 Å². The lowest BCUT2D eigenvalue weighted by molar-refractivity contribution is -0.185. The highest BCUT2D eigenvalue weighted by Gasteiger charge is 2.39. The molecule has 20 heavy (non-hydrogen) atoms. The summed E-state index contributed by atoms with van der Waals surface area (Å²) in [7, 11) is 0. The zero-order chi connectivity index (χ0) is 14.8. The van der Waals surface area contributed by atoms with Gasteiger partial charge in [0.15, 0.2) is 0 Å². The highest BCUT2D eigenvalue weighted by atomic mass is 16.6. The number of rotatable bonds is 12. The molecule has 1 fully saturated rings. The molecule has 3 nitrogen and oxygen atoms in total. The molecular formula is C17H32O3. The summed E-state index contributed by atoms with van der Waals surface area (Å²) in [6.07, 6.45) is 12.8.